The van der Waals surface area contributed by atoms with E-state index in [1.165, 1.54) is 20.1 Å². The van der Waals surface area contributed by atoms with E-state index in [0.29, 0.717) is 16.9 Å². The molecule has 0 amide bonds. The molecule has 0 bridgehead atoms. The van der Waals surface area contributed by atoms with Crippen LogP contribution < -0.4 is 9.47 Å². The first-order valence-corrected chi connectivity index (χ1v) is 6.58. The van der Waals surface area contributed by atoms with Gasteiger partial charge in [-0.25, -0.2) is 4.79 Å². The number of ether oxygens (including phenoxy) is 3. The van der Waals surface area contributed by atoms with E-state index in [-0.39, 0.29) is 12.4 Å². The smallest absolute Gasteiger partial charge is 0.430 e. The van der Waals surface area contributed by atoms with E-state index in [1.54, 1.807) is 13.0 Å². The molecule has 1 aromatic carbocycles. The Kier molecular flexibility index (Phi) is 4.35. The average molecular weight is 316 g/mol. The molecule has 0 saturated carbocycles. The first kappa shape index (κ1) is 16.2. The monoisotopic (exact) mass is 316 g/mol. The van der Waals surface area contributed by atoms with Gasteiger partial charge in [0.15, 0.2) is 0 Å². The molecule has 120 valence electrons. The number of benzene rings is 1. The molecule has 0 spiro atoms. The summed E-state index contributed by atoms with van der Waals surface area (Å²) in [7, 11) is 1.44. The van der Waals surface area contributed by atoms with E-state index >= 15 is 0 Å². The lowest BCUT2D eigenvalue weighted by Gasteiger charge is -2.29. The average Bonchev–Trinajstić information content (AvgIpc) is 2.45. The highest BCUT2D eigenvalue weighted by Gasteiger charge is 2.49. The predicted molar refractivity (Wildman–Crippen MR) is 72.8 cm³/mol. The van der Waals surface area contributed by atoms with Crippen molar-refractivity contribution in [3.63, 3.8) is 0 Å². The quantitative estimate of drug-likeness (QED) is 0.803. The topological polar surface area (TPSA) is 44.8 Å². The lowest BCUT2D eigenvalue weighted by atomic mass is 9.99. The molecule has 0 N–H and O–H groups in total. The van der Waals surface area contributed by atoms with Crippen LogP contribution in [0.3, 0.4) is 0 Å². The van der Waals surface area contributed by atoms with Gasteiger partial charge >= 0.3 is 12.1 Å². The number of aryl methyl sites for hydroxylation is 1. The molecule has 22 heavy (non-hydrogen) atoms. The minimum Gasteiger partial charge on any atom is -0.497 e. The second-order valence-corrected chi connectivity index (χ2v) is 4.72. The number of fused-ring (bicyclic) bond motifs is 1. The molecule has 1 aromatic rings. The summed E-state index contributed by atoms with van der Waals surface area (Å²) in [6.07, 6.45) is -5.92. The number of halogens is 3. The normalized spacial score (nSPS) is 17.2. The summed E-state index contributed by atoms with van der Waals surface area (Å²) in [6.45, 7) is 3.11. The van der Waals surface area contributed by atoms with Crippen molar-refractivity contribution in [2.24, 2.45) is 0 Å². The first-order valence-electron chi connectivity index (χ1n) is 6.58. The van der Waals surface area contributed by atoms with Crippen LogP contribution in [0, 0.1) is 6.92 Å². The molecule has 0 saturated heterocycles. The number of alkyl halides is 3. The van der Waals surface area contributed by atoms with Gasteiger partial charge in [-0.1, -0.05) is 0 Å². The van der Waals surface area contributed by atoms with Crippen molar-refractivity contribution in [2.45, 2.75) is 26.1 Å². The van der Waals surface area contributed by atoms with Gasteiger partial charge in [0.2, 0.25) is 6.10 Å². The van der Waals surface area contributed by atoms with Crippen LogP contribution in [-0.2, 0) is 9.53 Å². The van der Waals surface area contributed by atoms with Crippen molar-refractivity contribution in [1.29, 1.82) is 0 Å². The molecule has 0 fully saturated rings. The molecule has 1 unspecified atom stereocenters. The fraction of sp³-hybridized carbons (Fsp3) is 0.400. The highest BCUT2D eigenvalue weighted by atomic mass is 19.4. The minimum absolute atomic E-state index is 0.0231. The molecule has 0 aromatic heterocycles. The van der Waals surface area contributed by atoms with Crippen LogP contribution in [0.1, 0.15) is 18.1 Å². The number of carbonyl (C=O) groups excluding carboxylic acids is 1. The summed E-state index contributed by atoms with van der Waals surface area (Å²) >= 11 is 0. The van der Waals surface area contributed by atoms with Gasteiger partial charge in [0, 0.05) is 5.56 Å². The molecule has 1 heterocycles. The number of methoxy groups -OCH3 is 1. The lowest BCUT2D eigenvalue weighted by molar-refractivity contribution is -0.188. The second kappa shape index (κ2) is 5.90. The molecular formula is C15H15F3O4. The Labute approximate surface area is 125 Å². The molecule has 1 atom stereocenters. The van der Waals surface area contributed by atoms with Crippen molar-refractivity contribution in [3.05, 3.63) is 28.8 Å². The molecule has 4 nitrogen and oxygen atoms in total. The predicted octanol–water partition coefficient (Wildman–Crippen LogP) is 3.27. The lowest BCUT2D eigenvalue weighted by Crippen LogP contribution is -2.41. The summed E-state index contributed by atoms with van der Waals surface area (Å²) in [5.41, 5.74) is 0.262. The van der Waals surface area contributed by atoms with E-state index < -0.39 is 23.8 Å². The molecule has 0 aliphatic carbocycles. The van der Waals surface area contributed by atoms with Crippen molar-refractivity contribution in [1.82, 2.24) is 0 Å². The Morgan fingerprint density at radius 1 is 1.36 bits per heavy atom. The van der Waals surface area contributed by atoms with E-state index in [0.717, 1.165) is 6.08 Å². The zero-order valence-electron chi connectivity index (χ0n) is 12.3. The van der Waals surface area contributed by atoms with Crippen molar-refractivity contribution < 1.29 is 32.2 Å². The van der Waals surface area contributed by atoms with Crippen LogP contribution in [0.2, 0.25) is 0 Å². The Morgan fingerprint density at radius 2 is 2.05 bits per heavy atom. The fourth-order valence-corrected chi connectivity index (χ4v) is 2.20. The van der Waals surface area contributed by atoms with Gasteiger partial charge in [-0.2, -0.15) is 13.2 Å². The fourth-order valence-electron chi connectivity index (χ4n) is 2.20. The summed E-state index contributed by atoms with van der Waals surface area (Å²) < 4.78 is 54.3. The standard InChI is InChI=1S/C15H15F3O4/c1-4-21-14(19)11-7-9-6-10(20-3)5-8(2)12(9)22-13(11)15(16,17)18/h5-7,13H,4H2,1-3H3. The number of rotatable bonds is 3. The largest absolute Gasteiger partial charge is 0.497 e. The Hall–Kier alpha value is -2.18. The maximum absolute atomic E-state index is 13.2. The summed E-state index contributed by atoms with van der Waals surface area (Å²) in [4.78, 5) is 11.8. The Balaban J connectivity index is 2.56. The van der Waals surface area contributed by atoms with Gasteiger partial charge in [0.1, 0.15) is 11.5 Å². The van der Waals surface area contributed by atoms with Crippen LogP contribution in [0.15, 0.2) is 17.7 Å². The summed E-state index contributed by atoms with van der Waals surface area (Å²) in [5, 5.41) is 0. The van der Waals surface area contributed by atoms with Gasteiger partial charge < -0.3 is 14.2 Å². The number of hydrogen-bond acceptors (Lipinski definition) is 4. The van der Waals surface area contributed by atoms with Gasteiger partial charge in [0.25, 0.3) is 0 Å². The van der Waals surface area contributed by atoms with Gasteiger partial charge in [-0.3, -0.25) is 0 Å². The SMILES string of the molecule is CCOC(=O)C1=Cc2cc(OC)cc(C)c2OC1C(F)(F)F. The third kappa shape index (κ3) is 3.03. The maximum Gasteiger partial charge on any atom is 0.430 e. The highest BCUT2D eigenvalue weighted by molar-refractivity contribution is 5.96. The van der Waals surface area contributed by atoms with Crippen LogP contribution >= 0.6 is 0 Å². The van der Waals surface area contributed by atoms with E-state index in [2.05, 4.69) is 0 Å². The van der Waals surface area contributed by atoms with E-state index in [1.807, 2.05) is 0 Å². The van der Waals surface area contributed by atoms with Gasteiger partial charge in [-0.05, 0) is 37.6 Å². The first-order chi connectivity index (χ1) is 10.3. The van der Waals surface area contributed by atoms with Crippen LogP contribution in [0.25, 0.3) is 6.08 Å². The zero-order valence-corrected chi connectivity index (χ0v) is 12.3. The van der Waals surface area contributed by atoms with Crippen molar-refractivity contribution in [3.8, 4) is 11.5 Å². The molecule has 1 aliphatic rings. The molecule has 2 rings (SSSR count). The number of carbonyl (C=O) groups is 1. The molecule has 0 radical (unpaired) electrons. The Morgan fingerprint density at radius 3 is 2.59 bits per heavy atom. The van der Waals surface area contributed by atoms with Crippen molar-refractivity contribution >= 4 is 12.0 Å². The minimum atomic E-state index is -4.72. The number of esters is 1. The molecular weight excluding hydrogens is 301 g/mol. The van der Waals surface area contributed by atoms with Crippen LogP contribution in [-0.4, -0.2) is 32.0 Å². The zero-order chi connectivity index (χ0) is 16.5. The van der Waals surface area contributed by atoms with Crippen LogP contribution in [0.5, 0.6) is 11.5 Å². The van der Waals surface area contributed by atoms with E-state index in [9.17, 15) is 18.0 Å². The molecule has 1 aliphatic heterocycles. The third-order valence-electron chi connectivity index (χ3n) is 3.15. The second-order valence-electron chi connectivity index (χ2n) is 4.72. The van der Waals surface area contributed by atoms with Gasteiger partial charge in [0.05, 0.1) is 19.3 Å². The highest BCUT2D eigenvalue weighted by Crippen LogP contribution is 2.40. The maximum atomic E-state index is 13.2. The summed E-state index contributed by atoms with van der Waals surface area (Å²) in [5.74, 6) is -0.503. The van der Waals surface area contributed by atoms with Crippen molar-refractivity contribution in [2.75, 3.05) is 13.7 Å². The van der Waals surface area contributed by atoms with Gasteiger partial charge in [-0.15, -0.1) is 0 Å². The molecule has 7 heteroatoms. The summed E-state index contributed by atoms with van der Waals surface area (Å²) in [6, 6.07) is 3.07. The van der Waals surface area contributed by atoms with E-state index in [4.69, 9.17) is 14.2 Å². The number of hydrogen-bond donors (Lipinski definition) is 0. The Bertz CT molecular complexity index is 620. The van der Waals surface area contributed by atoms with Crippen LogP contribution in [0.4, 0.5) is 13.2 Å². The third-order valence-corrected chi connectivity index (χ3v) is 3.15.